The van der Waals surface area contributed by atoms with Crippen LogP contribution >= 0.6 is 0 Å². The molecule has 2 heterocycles. The van der Waals surface area contributed by atoms with Crippen molar-refractivity contribution in [3.05, 3.63) is 21.5 Å². The lowest BCUT2D eigenvalue weighted by atomic mass is 10.1. The van der Waals surface area contributed by atoms with Gasteiger partial charge in [-0.3, -0.25) is 20.0 Å². The van der Waals surface area contributed by atoms with Crippen molar-refractivity contribution < 1.29 is 14.5 Å². The highest BCUT2D eigenvalue weighted by Gasteiger charge is 2.33. The number of nitrogens with two attached hydrogens (primary N) is 1. The van der Waals surface area contributed by atoms with Gasteiger partial charge < -0.3 is 15.4 Å². The largest absolute Gasteiger partial charge is 0.378 e. The molecule has 2 rings (SSSR count). The SMILES string of the molecule is CCCc1[nH]nc(C(=O)N2CCC(OCCCN)CC2)c1[N+](=O)[O-]. The second kappa shape index (κ2) is 8.74. The number of H-pyrrole nitrogens is 1. The molecule has 1 fully saturated rings. The second-order valence-electron chi connectivity index (χ2n) is 5.91. The van der Waals surface area contributed by atoms with E-state index in [0.29, 0.717) is 38.4 Å². The fourth-order valence-corrected chi connectivity index (χ4v) is 2.85. The van der Waals surface area contributed by atoms with E-state index in [4.69, 9.17) is 10.5 Å². The number of aromatic amines is 1. The molecule has 3 N–H and O–H groups in total. The maximum absolute atomic E-state index is 12.6. The zero-order chi connectivity index (χ0) is 17.5. The minimum absolute atomic E-state index is 0.0917. The molecule has 1 saturated heterocycles. The predicted octanol–water partition coefficient (Wildman–Crippen LogP) is 1.24. The minimum atomic E-state index is -0.523. The Morgan fingerprint density at radius 2 is 2.21 bits per heavy atom. The Labute approximate surface area is 140 Å². The Morgan fingerprint density at radius 1 is 1.50 bits per heavy atom. The van der Waals surface area contributed by atoms with E-state index in [-0.39, 0.29) is 23.4 Å². The number of hydrogen-bond acceptors (Lipinski definition) is 6. The molecule has 0 aliphatic carbocycles. The van der Waals surface area contributed by atoms with Crippen LogP contribution in [0.4, 0.5) is 5.69 Å². The molecule has 1 aliphatic heterocycles. The Hall–Kier alpha value is -2.00. The van der Waals surface area contributed by atoms with E-state index < -0.39 is 4.92 Å². The van der Waals surface area contributed by atoms with Gasteiger partial charge in [-0.25, -0.2) is 0 Å². The van der Waals surface area contributed by atoms with E-state index in [1.807, 2.05) is 6.92 Å². The summed E-state index contributed by atoms with van der Waals surface area (Å²) >= 11 is 0. The van der Waals surface area contributed by atoms with Crippen molar-refractivity contribution in [2.75, 3.05) is 26.2 Å². The molecule has 0 saturated carbocycles. The summed E-state index contributed by atoms with van der Waals surface area (Å²) in [5, 5.41) is 17.9. The zero-order valence-electron chi connectivity index (χ0n) is 14.0. The molecule has 0 radical (unpaired) electrons. The molecular weight excluding hydrogens is 314 g/mol. The number of carbonyl (C=O) groups excluding carboxylic acids is 1. The summed E-state index contributed by atoms with van der Waals surface area (Å²) < 4.78 is 5.71. The predicted molar refractivity (Wildman–Crippen MR) is 87.8 cm³/mol. The number of amides is 1. The smallest absolute Gasteiger partial charge is 0.322 e. The number of ether oxygens (including phenoxy) is 1. The van der Waals surface area contributed by atoms with Gasteiger partial charge in [-0.1, -0.05) is 13.3 Å². The minimum Gasteiger partial charge on any atom is -0.378 e. The molecule has 0 bridgehead atoms. The Balaban J connectivity index is 1.99. The molecule has 0 aromatic carbocycles. The van der Waals surface area contributed by atoms with Gasteiger partial charge in [-0.05, 0) is 32.2 Å². The van der Waals surface area contributed by atoms with Crippen LogP contribution in [-0.4, -0.2) is 58.3 Å². The van der Waals surface area contributed by atoms with Gasteiger partial charge in [-0.15, -0.1) is 0 Å². The van der Waals surface area contributed by atoms with Gasteiger partial charge >= 0.3 is 5.69 Å². The third kappa shape index (κ3) is 4.30. The van der Waals surface area contributed by atoms with Crippen LogP contribution in [0.15, 0.2) is 0 Å². The van der Waals surface area contributed by atoms with Crippen LogP contribution in [0.25, 0.3) is 0 Å². The molecule has 134 valence electrons. The fraction of sp³-hybridized carbons (Fsp3) is 0.733. The molecule has 1 aliphatic rings. The Kier molecular flexibility index (Phi) is 6.68. The van der Waals surface area contributed by atoms with Crippen LogP contribution in [0, 0.1) is 10.1 Å². The standard InChI is InChI=1S/C15H25N5O4/c1-2-4-12-14(20(22)23)13(18-17-12)15(21)19-8-5-11(6-9-19)24-10-3-7-16/h11H,2-10,16H2,1H3,(H,17,18). The Bertz CT molecular complexity index is 566. The number of nitro groups is 1. The maximum atomic E-state index is 12.6. The molecule has 1 amide bonds. The summed E-state index contributed by atoms with van der Waals surface area (Å²) in [6, 6.07) is 0. The van der Waals surface area contributed by atoms with E-state index >= 15 is 0 Å². The topological polar surface area (TPSA) is 127 Å². The van der Waals surface area contributed by atoms with Crippen molar-refractivity contribution in [1.82, 2.24) is 15.1 Å². The van der Waals surface area contributed by atoms with Gasteiger partial charge in [-0.2, -0.15) is 5.10 Å². The fourth-order valence-electron chi connectivity index (χ4n) is 2.85. The van der Waals surface area contributed by atoms with Crippen molar-refractivity contribution >= 4 is 11.6 Å². The molecule has 1 aromatic heterocycles. The molecular formula is C15H25N5O4. The van der Waals surface area contributed by atoms with Crippen LogP contribution in [-0.2, 0) is 11.2 Å². The van der Waals surface area contributed by atoms with Crippen LogP contribution < -0.4 is 5.73 Å². The lowest BCUT2D eigenvalue weighted by Gasteiger charge is -2.31. The van der Waals surface area contributed by atoms with E-state index in [1.165, 1.54) is 0 Å². The number of aromatic nitrogens is 2. The van der Waals surface area contributed by atoms with Gasteiger partial charge in [0.2, 0.25) is 5.69 Å². The first-order valence-corrected chi connectivity index (χ1v) is 8.41. The van der Waals surface area contributed by atoms with E-state index in [0.717, 1.165) is 25.7 Å². The van der Waals surface area contributed by atoms with Gasteiger partial charge in [0, 0.05) is 19.7 Å². The molecule has 0 atom stereocenters. The number of nitrogens with zero attached hydrogens (tertiary/aromatic N) is 3. The maximum Gasteiger partial charge on any atom is 0.322 e. The van der Waals surface area contributed by atoms with Crippen molar-refractivity contribution in [3.8, 4) is 0 Å². The molecule has 9 nitrogen and oxygen atoms in total. The number of hydrogen-bond donors (Lipinski definition) is 2. The number of aryl methyl sites for hydroxylation is 1. The average Bonchev–Trinajstić information content (AvgIpc) is 2.99. The van der Waals surface area contributed by atoms with Gasteiger partial charge in [0.1, 0.15) is 5.69 Å². The second-order valence-corrected chi connectivity index (χ2v) is 5.91. The monoisotopic (exact) mass is 339 g/mol. The highest BCUT2D eigenvalue weighted by Crippen LogP contribution is 2.25. The molecule has 24 heavy (non-hydrogen) atoms. The van der Waals surface area contributed by atoms with Crippen molar-refractivity contribution in [1.29, 1.82) is 0 Å². The third-order valence-electron chi connectivity index (χ3n) is 4.13. The highest BCUT2D eigenvalue weighted by molar-refractivity contribution is 5.96. The molecule has 9 heteroatoms. The lowest BCUT2D eigenvalue weighted by Crippen LogP contribution is -2.41. The van der Waals surface area contributed by atoms with Gasteiger partial charge in [0.15, 0.2) is 0 Å². The first kappa shape index (κ1) is 18.3. The average molecular weight is 339 g/mol. The number of piperidine rings is 1. The van der Waals surface area contributed by atoms with E-state index in [2.05, 4.69) is 10.2 Å². The molecule has 0 spiro atoms. The number of rotatable bonds is 8. The summed E-state index contributed by atoms with van der Waals surface area (Å²) in [6.45, 7) is 4.17. The van der Waals surface area contributed by atoms with Gasteiger partial charge in [0.05, 0.1) is 11.0 Å². The van der Waals surface area contributed by atoms with E-state index in [9.17, 15) is 14.9 Å². The summed E-state index contributed by atoms with van der Waals surface area (Å²) in [6.07, 6.45) is 3.60. The summed E-state index contributed by atoms with van der Waals surface area (Å²) in [5.41, 5.74) is 5.56. The number of nitrogens with one attached hydrogen (secondary N) is 1. The summed E-state index contributed by atoms with van der Waals surface area (Å²) in [4.78, 5) is 25.0. The highest BCUT2D eigenvalue weighted by atomic mass is 16.6. The quantitative estimate of drug-likeness (QED) is 0.417. The number of carbonyl (C=O) groups is 1. The van der Waals surface area contributed by atoms with Crippen molar-refractivity contribution in [2.24, 2.45) is 5.73 Å². The van der Waals surface area contributed by atoms with Crippen molar-refractivity contribution in [3.63, 3.8) is 0 Å². The van der Waals surface area contributed by atoms with Crippen LogP contribution in [0.3, 0.4) is 0 Å². The first-order valence-electron chi connectivity index (χ1n) is 8.41. The zero-order valence-corrected chi connectivity index (χ0v) is 14.0. The first-order chi connectivity index (χ1) is 11.6. The lowest BCUT2D eigenvalue weighted by molar-refractivity contribution is -0.385. The third-order valence-corrected chi connectivity index (χ3v) is 4.13. The van der Waals surface area contributed by atoms with Crippen molar-refractivity contribution in [2.45, 2.75) is 45.1 Å². The van der Waals surface area contributed by atoms with Crippen LogP contribution in [0.2, 0.25) is 0 Å². The summed E-state index contributed by atoms with van der Waals surface area (Å²) in [5.74, 6) is -0.388. The molecule has 1 aromatic rings. The van der Waals surface area contributed by atoms with E-state index in [1.54, 1.807) is 4.90 Å². The Morgan fingerprint density at radius 3 is 2.79 bits per heavy atom. The number of likely N-dealkylation sites (tertiary alicyclic amines) is 1. The summed E-state index contributed by atoms with van der Waals surface area (Å²) in [7, 11) is 0. The molecule has 0 unspecified atom stereocenters. The normalized spacial score (nSPS) is 15.7. The van der Waals surface area contributed by atoms with Crippen LogP contribution in [0.5, 0.6) is 0 Å². The van der Waals surface area contributed by atoms with Crippen LogP contribution in [0.1, 0.15) is 48.8 Å². The van der Waals surface area contributed by atoms with Gasteiger partial charge in [0.25, 0.3) is 5.91 Å².